The third-order valence-corrected chi connectivity index (χ3v) is 5.23. The van der Waals surface area contributed by atoms with Crippen LogP contribution in [0.1, 0.15) is 37.6 Å². The van der Waals surface area contributed by atoms with Crippen molar-refractivity contribution in [2.24, 2.45) is 0 Å². The third-order valence-electron chi connectivity index (χ3n) is 4.22. The number of benzene rings is 2. The van der Waals surface area contributed by atoms with E-state index in [4.69, 9.17) is 9.47 Å². The average Bonchev–Trinajstić information content (AvgIpc) is 2.74. The van der Waals surface area contributed by atoms with Crippen molar-refractivity contribution in [3.8, 4) is 0 Å². The van der Waals surface area contributed by atoms with E-state index in [0.29, 0.717) is 5.56 Å². The first-order chi connectivity index (χ1) is 14.8. The average molecular weight is 444 g/mol. The van der Waals surface area contributed by atoms with E-state index in [1.807, 2.05) is 30.3 Å². The molecule has 0 bridgehead atoms. The van der Waals surface area contributed by atoms with Crippen LogP contribution in [0.5, 0.6) is 0 Å². The van der Waals surface area contributed by atoms with E-state index in [2.05, 4.69) is 5.32 Å². The third kappa shape index (κ3) is 6.42. The quantitative estimate of drug-likeness (QED) is 0.341. The van der Waals surface area contributed by atoms with Gasteiger partial charge in [0, 0.05) is 22.3 Å². The summed E-state index contributed by atoms with van der Waals surface area (Å²) in [7, 11) is 0. The summed E-state index contributed by atoms with van der Waals surface area (Å²) in [5.41, 5.74) is -1.95. The maximum absolute atomic E-state index is 13.0. The zero-order valence-electron chi connectivity index (χ0n) is 17.7. The van der Waals surface area contributed by atoms with Crippen LogP contribution >= 0.6 is 11.8 Å². The molecule has 0 saturated heterocycles. The molecule has 2 aromatic rings. The first-order valence-corrected chi connectivity index (χ1v) is 10.6. The smallest absolute Gasteiger partial charge is 0.344 e. The molecule has 1 N–H and O–H groups in total. The Hall–Kier alpha value is -3.13. The normalized spacial score (nSPS) is 10.8. The molecule has 0 aliphatic heterocycles. The van der Waals surface area contributed by atoms with Gasteiger partial charge in [0.25, 0.3) is 0 Å². The van der Waals surface area contributed by atoms with E-state index >= 15 is 0 Å². The Morgan fingerprint density at radius 3 is 1.84 bits per heavy atom. The summed E-state index contributed by atoms with van der Waals surface area (Å²) in [6, 6.07) is 16.5. The second-order valence-electron chi connectivity index (χ2n) is 6.57. The molecule has 0 aliphatic carbocycles. The molecular weight excluding hydrogens is 418 g/mol. The molecule has 2 rings (SSSR count). The molecule has 0 radical (unpaired) electrons. The van der Waals surface area contributed by atoms with E-state index in [1.165, 1.54) is 11.8 Å². The molecule has 8 heteroatoms. The van der Waals surface area contributed by atoms with Gasteiger partial charge < -0.3 is 14.8 Å². The second-order valence-corrected chi connectivity index (χ2v) is 7.71. The number of carbonyl (C=O) groups is 4. The lowest BCUT2D eigenvalue weighted by Crippen LogP contribution is -2.62. The number of amides is 1. The predicted octanol–water partition coefficient (Wildman–Crippen LogP) is 3.41. The minimum Gasteiger partial charge on any atom is -0.464 e. The fourth-order valence-electron chi connectivity index (χ4n) is 2.86. The first-order valence-electron chi connectivity index (χ1n) is 9.81. The summed E-state index contributed by atoms with van der Waals surface area (Å²) in [5.74, 6) is -3.24. The highest BCUT2D eigenvalue weighted by Crippen LogP contribution is 2.28. The Morgan fingerprint density at radius 1 is 0.839 bits per heavy atom. The summed E-state index contributed by atoms with van der Waals surface area (Å²) in [5, 5.41) is 2.29. The van der Waals surface area contributed by atoms with Crippen LogP contribution in [0.2, 0.25) is 0 Å². The molecule has 1 amide bonds. The van der Waals surface area contributed by atoms with Gasteiger partial charge in [0.2, 0.25) is 11.4 Å². The molecule has 0 aliphatic rings. The lowest BCUT2D eigenvalue weighted by molar-refractivity contribution is -0.167. The van der Waals surface area contributed by atoms with E-state index in [9.17, 15) is 19.2 Å². The van der Waals surface area contributed by atoms with Crippen LogP contribution in [-0.4, -0.2) is 42.4 Å². The summed E-state index contributed by atoms with van der Waals surface area (Å²) < 4.78 is 9.98. The van der Waals surface area contributed by atoms with Gasteiger partial charge in [-0.25, -0.2) is 9.59 Å². The number of carbonyl (C=O) groups excluding carboxylic acids is 4. The number of Topliss-reactive ketones (excluding diaryl/α,β-unsaturated/α-hetero) is 1. The van der Waals surface area contributed by atoms with E-state index < -0.39 is 35.6 Å². The van der Waals surface area contributed by atoms with Gasteiger partial charge in [-0.3, -0.25) is 9.59 Å². The topological polar surface area (TPSA) is 98.8 Å². The molecule has 31 heavy (non-hydrogen) atoms. The van der Waals surface area contributed by atoms with Crippen LogP contribution in [0, 0.1) is 0 Å². The van der Waals surface area contributed by atoms with Crippen molar-refractivity contribution in [2.45, 2.75) is 42.5 Å². The SMILES string of the molecule is CCOC(=O)C(CC(=O)c1ccc(Sc2ccccc2)cc1)(NC(C)=O)C(=O)OCC. The van der Waals surface area contributed by atoms with Gasteiger partial charge >= 0.3 is 11.9 Å². The minimum atomic E-state index is -2.24. The molecule has 2 aromatic carbocycles. The lowest BCUT2D eigenvalue weighted by Gasteiger charge is -2.29. The highest BCUT2D eigenvalue weighted by atomic mass is 32.2. The van der Waals surface area contributed by atoms with Crippen LogP contribution in [0.4, 0.5) is 0 Å². The van der Waals surface area contributed by atoms with Crippen molar-refractivity contribution in [1.29, 1.82) is 0 Å². The Kier molecular flexibility index (Phi) is 8.81. The number of ether oxygens (including phenoxy) is 2. The van der Waals surface area contributed by atoms with Crippen molar-refractivity contribution >= 4 is 35.4 Å². The van der Waals surface area contributed by atoms with Crippen molar-refractivity contribution in [2.75, 3.05) is 13.2 Å². The maximum atomic E-state index is 13.0. The standard InChI is InChI=1S/C23H25NO6S/c1-4-29-21(27)23(24-16(3)25,22(28)30-5-2)15-20(26)17-11-13-19(14-12-17)31-18-9-7-6-8-10-18/h6-14H,4-5,15H2,1-3H3,(H,24,25). The number of hydrogen-bond acceptors (Lipinski definition) is 7. The van der Waals surface area contributed by atoms with Crippen LogP contribution in [0.3, 0.4) is 0 Å². The van der Waals surface area contributed by atoms with E-state index in [1.54, 1.807) is 38.1 Å². The number of esters is 2. The molecule has 0 saturated carbocycles. The van der Waals surface area contributed by atoms with Crippen molar-refractivity contribution in [3.63, 3.8) is 0 Å². The van der Waals surface area contributed by atoms with Crippen LogP contribution in [-0.2, 0) is 23.9 Å². The van der Waals surface area contributed by atoms with Gasteiger partial charge in [-0.2, -0.15) is 0 Å². The van der Waals surface area contributed by atoms with Crippen LogP contribution in [0.25, 0.3) is 0 Å². The molecular formula is C23H25NO6S. The summed E-state index contributed by atoms with van der Waals surface area (Å²) in [4.78, 5) is 52.0. The van der Waals surface area contributed by atoms with Crippen molar-refractivity contribution in [3.05, 3.63) is 60.2 Å². The van der Waals surface area contributed by atoms with Crippen molar-refractivity contribution in [1.82, 2.24) is 5.32 Å². The first kappa shape index (κ1) is 24.1. The van der Waals surface area contributed by atoms with Gasteiger partial charge in [-0.15, -0.1) is 0 Å². The number of ketones is 1. The van der Waals surface area contributed by atoms with E-state index in [-0.39, 0.29) is 13.2 Å². The van der Waals surface area contributed by atoms with Gasteiger partial charge in [0.15, 0.2) is 5.78 Å². The molecule has 0 unspecified atom stereocenters. The number of rotatable bonds is 10. The van der Waals surface area contributed by atoms with Crippen molar-refractivity contribution < 1.29 is 28.7 Å². The molecule has 0 atom stereocenters. The minimum absolute atomic E-state index is 0.0286. The fraction of sp³-hybridized carbons (Fsp3) is 0.304. The predicted molar refractivity (Wildman–Crippen MR) is 116 cm³/mol. The monoisotopic (exact) mass is 443 g/mol. The second kappa shape index (κ2) is 11.3. The van der Waals surface area contributed by atoms with Gasteiger partial charge in [-0.05, 0) is 38.1 Å². The van der Waals surface area contributed by atoms with Gasteiger partial charge in [-0.1, -0.05) is 42.1 Å². The summed E-state index contributed by atoms with van der Waals surface area (Å²) in [6.45, 7) is 4.21. The number of hydrogen-bond donors (Lipinski definition) is 1. The zero-order chi connectivity index (χ0) is 22.9. The Labute approximate surface area is 185 Å². The zero-order valence-corrected chi connectivity index (χ0v) is 18.5. The molecule has 7 nitrogen and oxygen atoms in total. The molecule has 0 spiro atoms. The highest BCUT2D eigenvalue weighted by molar-refractivity contribution is 7.99. The largest absolute Gasteiger partial charge is 0.464 e. The molecule has 0 aromatic heterocycles. The van der Waals surface area contributed by atoms with Gasteiger partial charge in [0.05, 0.1) is 19.6 Å². The lowest BCUT2D eigenvalue weighted by atomic mass is 9.90. The Balaban J connectivity index is 2.28. The molecule has 0 fully saturated rings. The summed E-state index contributed by atoms with van der Waals surface area (Å²) >= 11 is 1.54. The Bertz CT molecular complexity index is 909. The fourth-order valence-corrected chi connectivity index (χ4v) is 3.70. The molecule has 164 valence electrons. The highest BCUT2D eigenvalue weighted by Gasteiger charge is 2.51. The summed E-state index contributed by atoms with van der Waals surface area (Å²) in [6.07, 6.45) is -0.616. The van der Waals surface area contributed by atoms with Crippen LogP contribution in [0.15, 0.2) is 64.4 Å². The van der Waals surface area contributed by atoms with Gasteiger partial charge in [0.1, 0.15) is 0 Å². The number of nitrogens with one attached hydrogen (secondary N) is 1. The van der Waals surface area contributed by atoms with Crippen LogP contribution < -0.4 is 5.32 Å². The molecule has 0 heterocycles. The maximum Gasteiger partial charge on any atom is 0.344 e. The Morgan fingerprint density at radius 2 is 1.35 bits per heavy atom. The van der Waals surface area contributed by atoms with E-state index in [0.717, 1.165) is 16.7 Å².